The molecule has 0 aromatic carbocycles. The number of aliphatic hydroxyl groups is 1. The number of carbonyl (C=O) groups is 1. The van der Waals surface area contributed by atoms with Gasteiger partial charge < -0.3 is 15.2 Å². The summed E-state index contributed by atoms with van der Waals surface area (Å²) in [6.45, 7) is 8.98. The van der Waals surface area contributed by atoms with Gasteiger partial charge in [-0.1, -0.05) is 6.92 Å². The van der Waals surface area contributed by atoms with E-state index in [0.29, 0.717) is 6.42 Å². The van der Waals surface area contributed by atoms with Crippen LogP contribution in [0, 0.1) is 0 Å². The molecule has 14 heavy (non-hydrogen) atoms. The van der Waals surface area contributed by atoms with E-state index in [0.717, 1.165) is 0 Å². The quantitative estimate of drug-likeness (QED) is 0.733. The molecule has 0 fully saturated rings. The Hall–Kier alpha value is -0.770. The Bertz CT molecular complexity index is 192. The monoisotopic (exact) mass is 203 g/mol. The van der Waals surface area contributed by atoms with Gasteiger partial charge in [-0.05, 0) is 34.1 Å². The van der Waals surface area contributed by atoms with Crippen molar-refractivity contribution in [3.05, 3.63) is 0 Å². The van der Waals surface area contributed by atoms with Crippen LogP contribution in [0.3, 0.4) is 0 Å². The first-order valence-electron chi connectivity index (χ1n) is 4.84. The van der Waals surface area contributed by atoms with E-state index in [1.54, 1.807) is 27.7 Å². The zero-order valence-corrected chi connectivity index (χ0v) is 9.68. The van der Waals surface area contributed by atoms with Gasteiger partial charge in [0.15, 0.2) is 0 Å². The molecule has 0 heterocycles. The second-order valence-corrected chi connectivity index (χ2v) is 4.70. The second-order valence-electron chi connectivity index (χ2n) is 4.70. The van der Waals surface area contributed by atoms with E-state index in [9.17, 15) is 4.79 Å². The SMILES string of the molecule is CCC(C)(CO)NC(=O)OC(C)(C)C. The van der Waals surface area contributed by atoms with E-state index in [1.807, 2.05) is 6.92 Å². The Labute approximate surface area is 85.6 Å². The molecular weight excluding hydrogens is 182 g/mol. The lowest BCUT2D eigenvalue weighted by Crippen LogP contribution is -2.50. The normalized spacial score (nSPS) is 15.9. The van der Waals surface area contributed by atoms with Crippen molar-refractivity contribution >= 4 is 6.09 Å². The highest BCUT2D eigenvalue weighted by Crippen LogP contribution is 2.11. The summed E-state index contributed by atoms with van der Waals surface area (Å²) in [6, 6.07) is 0. The molecule has 0 saturated carbocycles. The maximum absolute atomic E-state index is 11.3. The Balaban J connectivity index is 4.18. The van der Waals surface area contributed by atoms with Crippen LogP contribution in [-0.2, 0) is 4.74 Å². The number of carbonyl (C=O) groups excluding carboxylic acids is 1. The van der Waals surface area contributed by atoms with Gasteiger partial charge in [0.25, 0.3) is 0 Å². The molecule has 0 aliphatic heterocycles. The summed E-state index contributed by atoms with van der Waals surface area (Å²) in [5.74, 6) is 0. The van der Waals surface area contributed by atoms with Crippen LogP contribution >= 0.6 is 0 Å². The number of aliphatic hydroxyl groups excluding tert-OH is 1. The van der Waals surface area contributed by atoms with Crippen molar-refractivity contribution in [3.63, 3.8) is 0 Å². The highest BCUT2D eigenvalue weighted by molar-refractivity contribution is 5.68. The Morgan fingerprint density at radius 3 is 2.14 bits per heavy atom. The third-order valence-electron chi connectivity index (χ3n) is 1.93. The second kappa shape index (κ2) is 4.64. The molecule has 0 rings (SSSR count). The number of hydrogen-bond acceptors (Lipinski definition) is 3. The third kappa shape index (κ3) is 5.07. The first-order valence-corrected chi connectivity index (χ1v) is 4.84. The first-order chi connectivity index (χ1) is 6.22. The van der Waals surface area contributed by atoms with E-state index in [-0.39, 0.29) is 6.61 Å². The van der Waals surface area contributed by atoms with Gasteiger partial charge in [-0.15, -0.1) is 0 Å². The average Bonchev–Trinajstić information content (AvgIpc) is 2.00. The summed E-state index contributed by atoms with van der Waals surface area (Å²) in [5, 5.41) is 11.7. The molecule has 0 saturated heterocycles. The molecule has 1 amide bonds. The number of alkyl carbamates (subject to hydrolysis) is 1. The number of amides is 1. The van der Waals surface area contributed by atoms with Gasteiger partial charge in [-0.2, -0.15) is 0 Å². The van der Waals surface area contributed by atoms with Crippen LogP contribution in [0.15, 0.2) is 0 Å². The standard InChI is InChI=1S/C10H21NO3/c1-6-10(5,7-12)11-8(13)14-9(2,3)4/h12H,6-7H2,1-5H3,(H,11,13). The van der Waals surface area contributed by atoms with Crippen LogP contribution < -0.4 is 5.32 Å². The minimum Gasteiger partial charge on any atom is -0.444 e. The molecule has 0 aliphatic rings. The zero-order valence-electron chi connectivity index (χ0n) is 9.68. The van der Waals surface area contributed by atoms with Crippen molar-refractivity contribution in [2.45, 2.75) is 52.2 Å². The maximum Gasteiger partial charge on any atom is 0.408 e. The number of rotatable bonds is 3. The smallest absolute Gasteiger partial charge is 0.408 e. The zero-order chi connectivity index (χ0) is 11.4. The molecule has 1 unspecified atom stereocenters. The molecule has 0 spiro atoms. The Kier molecular flexibility index (Phi) is 4.39. The maximum atomic E-state index is 11.3. The van der Waals surface area contributed by atoms with Crippen molar-refractivity contribution in [1.29, 1.82) is 0 Å². The van der Waals surface area contributed by atoms with Crippen LogP contribution in [0.1, 0.15) is 41.0 Å². The first kappa shape index (κ1) is 13.2. The van der Waals surface area contributed by atoms with Crippen LogP contribution in [-0.4, -0.2) is 28.9 Å². The molecule has 0 aliphatic carbocycles. The van der Waals surface area contributed by atoms with Crippen molar-refractivity contribution in [2.75, 3.05) is 6.61 Å². The summed E-state index contributed by atoms with van der Waals surface area (Å²) in [7, 11) is 0. The Morgan fingerprint density at radius 1 is 1.36 bits per heavy atom. The molecule has 0 aromatic rings. The van der Waals surface area contributed by atoms with Crippen molar-refractivity contribution < 1.29 is 14.6 Å². The van der Waals surface area contributed by atoms with E-state index in [4.69, 9.17) is 9.84 Å². The van der Waals surface area contributed by atoms with E-state index >= 15 is 0 Å². The molecule has 0 radical (unpaired) electrons. The van der Waals surface area contributed by atoms with Gasteiger partial charge in [-0.3, -0.25) is 0 Å². The van der Waals surface area contributed by atoms with Gasteiger partial charge in [0.1, 0.15) is 5.60 Å². The minimum atomic E-state index is -0.595. The van der Waals surface area contributed by atoms with Gasteiger partial charge >= 0.3 is 6.09 Å². The van der Waals surface area contributed by atoms with Crippen LogP contribution in [0.5, 0.6) is 0 Å². The average molecular weight is 203 g/mol. The third-order valence-corrected chi connectivity index (χ3v) is 1.93. The van der Waals surface area contributed by atoms with E-state index < -0.39 is 17.2 Å². The van der Waals surface area contributed by atoms with Gasteiger partial charge in [0.05, 0.1) is 12.1 Å². The largest absolute Gasteiger partial charge is 0.444 e. The molecule has 0 bridgehead atoms. The van der Waals surface area contributed by atoms with Gasteiger partial charge in [-0.25, -0.2) is 4.79 Å². The van der Waals surface area contributed by atoms with Crippen LogP contribution in [0.2, 0.25) is 0 Å². The fourth-order valence-corrected chi connectivity index (χ4v) is 0.790. The van der Waals surface area contributed by atoms with Crippen molar-refractivity contribution in [1.82, 2.24) is 5.32 Å². The molecule has 2 N–H and O–H groups in total. The summed E-state index contributed by atoms with van der Waals surface area (Å²) < 4.78 is 5.08. The van der Waals surface area contributed by atoms with Crippen molar-refractivity contribution in [2.24, 2.45) is 0 Å². The lowest BCUT2D eigenvalue weighted by molar-refractivity contribution is 0.0411. The highest BCUT2D eigenvalue weighted by Gasteiger charge is 2.26. The van der Waals surface area contributed by atoms with E-state index in [1.165, 1.54) is 0 Å². The number of hydrogen-bond donors (Lipinski definition) is 2. The molecule has 1 atom stereocenters. The summed E-state index contributed by atoms with van der Waals surface area (Å²) in [4.78, 5) is 11.3. The van der Waals surface area contributed by atoms with Gasteiger partial charge in [0.2, 0.25) is 0 Å². The minimum absolute atomic E-state index is 0.0945. The molecule has 4 heteroatoms. The lowest BCUT2D eigenvalue weighted by Gasteiger charge is -2.29. The number of nitrogens with one attached hydrogen (secondary N) is 1. The predicted octanol–water partition coefficient (Wildman–Crippen LogP) is 1.67. The molecule has 0 aromatic heterocycles. The fraction of sp³-hybridized carbons (Fsp3) is 0.900. The molecule has 4 nitrogen and oxygen atoms in total. The number of ether oxygens (including phenoxy) is 1. The highest BCUT2D eigenvalue weighted by atomic mass is 16.6. The van der Waals surface area contributed by atoms with Crippen LogP contribution in [0.25, 0.3) is 0 Å². The summed E-state index contributed by atoms with van der Waals surface area (Å²) in [6.07, 6.45) is 0.166. The summed E-state index contributed by atoms with van der Waals surface area (Å²) >= 11 is 0. The fourth-order valence-electron chi connectivity index (χ4n) is 0.790. The summed E-state index contributed by atoms with van der Waals surface area (Å²) in [5.41, 5.74) is -1.10. The van der Waals surface area contributed by atoms with E-state index in [2.05, 4.69) is 5.32 Å². The molecular formula is C10H21NO3. The molecule has 84 valence electrons. The van der Waals surface area contributed by atoms with Crippen molar-refractivity contribution in [3.8, 4) is 0 Å². The predicted molar refractivity (Wildman–Crippen MR) is 55.2 cm³/mol. The Morgan fingerprint density at radius 2 is 1.86 bits per heavy atom. The van der Waals surface area contributed by atoms with Crippen LogP contribution in [0.4, 0.5) is 4.79 Å². The topological polar surface area (TPSA) is 58.6 Å². The van der Waals surface area contributed by atoms with Gasteiger partial charge in [0, 0.05) is 0 Å². The lowest BCUT2D eigenvalue weighted by atomic mass is 10.0.